The maximum atomic E-state index is 5.33. The van der Waals surface area contributed by atoms with Crippen molar-refractivity contribution < 1.29 is 0 Å². The minimum atomic E-state index is 0.535. The van der Waals surface area contributed by atoms with Gasteiger partial charge in [0.15, 0.2) is 0 Å². The predicted molar refractivity (Wildman–Crippen MR) is 35.5 cm³/mol. The Morgan fingerprint density at radius 2 is 2.12 bits per heavy atom. The molecule has 0 fully saturated rings. The number of nitrogens with zero attached hydrogens (tertiary/aromatic N) is 1. The lowest BCUT2D eigenvalue weighted by atomic mass is 10.3. The lowest BCUT2D eigenvalue weighted by molar-refractivity contribution is 1.33. The summed E-state index contributed by atoms with van der Waals surface area (Å²) >= 11 is 0. The van der Waals surface area contributed by atoms with E-state index in [2.05, 4.69) is 4.99 Å². The molecule has 0 aromatic carbocycles. The van der Waals surface area contributed by atoms with Gasteiger partial charge in [0.05, 0.1) is 11.4 Å². The summed E-state index contributed by atoms with van der Waals surface area (Å²) in [4.78, 5) is 3.80. The predicted octanol–water partition coefficient (Wildman–Crippen LogP) is -0.164. The number of hydrogen-bond donors (Lipinski definition) is 2. The van der Waals surface area contributed by atoms with E-state index in [1.165, 1.54) is 6.20 Å². The molecule has 4 N–H and O–H groups in total. The Bertz CT molecular complexity index is 108. The van der Waals surface area contributed by atoms with Gasteiger partial charge in [-0.05, 0) is 6.92 Å². The van der Waals surface area contributed by atoms with Gasteiger partial charge in [-0.3, -0.25) is 4.99 Å². The highest BCUT2D eigenvalue weighted by molar-refractivity contribution is 5.97. The molecule has 0 radical (unpaired) electrons. The first-order valence-corrected chi connectivity index (χ1v) is 2.33. The highest BCUT2D eigenvalue weighted by Crippen LogP contribution is 1.83. The van der Waals surface area contributed by atoms with Crippen molar-refractivity contribution in [1.29, 1.82) is 0 Å². The van der Waals surface area contributed by atoms with E-state index < -0.39 is 0 Å². The second kappa shape index (κ2) is 3.07. The van der Waals surface area contributed by atoms with Crippen LogP contribution in [0.3, 0.4) is 0 Å². The van der Waals surface area contributed by atoms with Gasteiger partial charge >= 0.3 is 0 Å². The highest BCUT2D eigenvalue weighted by atomic mass is 14.7. The fourth-order valence-electron chi connectivity index (χ4n) is 0.250. The second-order valence-electron chi connectivity index (χ2n) is 1.43. The van der Waals surface area contributed by atoms with Gasteiger partial charge in [-0.2, -0.15) is 0 Å². The molecular formula is C5H11N3. The topological polar surface area (TPSA) is 64.4 Å². The Hall–Kier alpha value is -0.990. The second-order valence-corrected chi connectivity index (χ2v) is 1.43. The number of nitrogens with two attached hydrogens (primary N) is 2. The normalized spacial score (nSPS) is 14.2. The van der Waals surface area contributed by atoms with Crippen LogP contribution in [0.15, 0.2) is 16.9 Å². The summed E-state index contributed by atoms with van der Waals surface area (Å²) < 4.78 is 0. The van der Waals surface area contributed by atoms with Crippen molar-refractivity contribution >= 4 is 5.71 Å². The molecule has 46 valence electrons. The van der Waals surface area contributed by atoms with Crippen molar-refractivity contribution in [3.63, 3.8) is 0 Å². The fourth-order valence-corrected chi connectivity index (χ4v) is 0.250. The quantitative estimate of drug-likeness (QED) is 0.464. The lowest BCUT2D eigenvalue weighted by Crippen LogP contribution is -2.09. The minimum absolute atomic E-state index is 0.535. The average Bonchev–Trinajstić information content (AvgIpc) is 1.84. The van der Waals surface area contributed by atoms with Crippen molar-refractivity contribution in [1.82, 2.24) is 0 Å². The third kappa shape index (κ3) is 1.64. The monoisotopic (exact) mass is 113 g/mol. The van der Waals surface area contributed by atoms with Crippen LogP contribution in [0.5, 0.6) is 0 Å². The van der Waals surface area contributed by atoms with Gasteiger partial charge in [0.1, 0.15) is 0 Å². The molecule has 0 atom stereocenters. The number of rotatable bonds is 1. The Kier molecular flexibility index (Phi) is 2.69. The van der Waals surface area contributed by atoms with Gasteiger partial charge in [0.25, 0.3) is 0 Å². The molecule has 0 saturated heterocycles. The molecule has 0 aromatic rings. The number of hydrogen-bond acceptors (Lipinski definition) is 3. The Morgan fingerprint density at radius 1 is 1.62 bits per heavy atom. The standard InChI is InChI=1S/C5H11N3/c1-4(8-2)5(7)3-6/h3H,6-7H2,1-2H3. The fraction of sp³-hybridized carbons (Fsp3) is 0.400. The summed E-state index contributed by atoms with van der Waals surface area (Å²) in [5, 5.41) is 0. The van der Waals surface area contributed by atoms with Crippen LogP contribution in [0.4, 0.5) is 0 Å². The smallest absolute Gasteiger partial charge is 0.0682 e. The van der Waals surface area contributed by atoms with Crippen molar-refractivity contribution in [2.75, 3.05) is 7.05 Å². The zero-order valence-electron chi connectivity index (χ0n) is 5.18. The number of aliphatic imine (C=N–C) groups is 1. The molecule has 0 bridgehead atoms. The van der Waals surface area contributed by atoms with Gasteiger partial charge in [-0.25, -0.2) is 0 Å². The molecule has 3 nitrogen and oxygen atoms in total. The molecule has 0 aliphatic rings. The maximum absolute atomic E-state index is 5.33. The van der Waals surface area contributed by atoms with Crippen LogP contribution in [0.2, 0.25) is 0 Å². The molecule has 0 unspecified atom stereocenters. The van der Waals surface area contributed by atoms with Crippen molar-refractivity contribution in [2.45, 2.75) is 6.92 Å². The third-order valence-electron chi connectivity index (χ3n) is 0.933. The van der Waals surface area contributed by atoms with Gasteiger partial charge in [-0.1, -0.05) is 0 Å². The SMILES string of the molecule is CN=C(C)C(N)=CN. The van der Waals surface area contributed by atoms with E-state index in [4.69, 9.17) is 11.5 Å². The van der Waals surface area contributed by atoms with Crippen LogP contribution in [-0.4, -0.2) is 12.8 Å². The molecule has 0 heterocycles. The first-order chi connectivity index (χ1) is 3.72. The van der Waals surface area contributed by atoms with Crippen molar-refractivity contribution in [3.8, 4) is 0 Å². The Balaban J connectivity index is 4.04. The van der Waals surface area contributed by atoms with Gasteiger partial charge in [0, 0.05) is 13.2 Å². The number of allylic oxidation sites excluding steroid dienone is 1. The summed E-state index contributed by atoms with van der Waals surface area (Å²) in [6.07, 6.45) is 1.34. The first-order valence-electron chi connectivity index (χ1n) is 2.33. The molecule has 0 aromatic heterocycles. The molecule has 0 amide bonds. The minimum Gasteiger partial charge on any atom is -0.403 e. The van der Waals surface area contributed by atoms with Gasteiger partial charge < -0.3 is 11.5 Å². The van der Waals surface area contributed by atoms with Crippen LogP contribution in [-0.2, 0) is 0 Å². The third-order valence-corrected chi connectivity index (χ3v) is 0.933. The van der Waals surface area contributed by atoms with E-state index in [1.807, 2.05) is 0 Å². The van der Waals surface area contributed by atoms with E-state index in [0.717, 1.165) is 5.71 Å². The highest BCUT2D eigenvalue weighted by Gasteiger charge is 1.88. The van der Waals surface area contributed by atoms with Crippen LogP contribution in [0.25, 0.3) is 0 Å². The zero-order valence-corrected chi connectivity index (χ0v) is 5.18. The molecular weight excluding hydrogens is 102 g/mol. The average molecular weight is 113 g/mol. The van der Waals surface area contributed by atoms with Crippen molar-refractivity contribution in [2.24, 2.45) is 16.5 Å². The maximum Gasteiger partial charge on any atom is 0.0682 e. The van der Waals surface area contributed by atoms with Crippen LogP contribution < -0.4 is 11.5 Å². The van der Waals surface area contributed by atoms with Crippen LogP contribution in [0.1, 0.15) is 6.92 Å². The molecule has 0 spiro atoms. The van der Waals surface area contributed by atoms with Crippen LogP contribution >= 0.6 is 0 Å². The summed E-state index contributed by atoms with van der Waals surface area (Å²) in [5.74, 6) is 0. The van der Waals surface area contributed by atoms with E-state index in [1.54, 1.807) is 14.0 Å². The summed E-state index contributed by atoms with van der Waals surface area (Å²) in [5.41, 5.74) is 11.7. The molecule has 0 aliphatic carbocycles. The van der Waals surface area contributed by atoms with Gasteiger partial charge in [-0.15, -0.1) is 0 Å². The van der Waals surface area contributed by atoms with E-state index in [-0.39, 0.29) is 0 Å². The molecule has 0 saturated carbocycles. The molecule has 3 heteroatoms. The van der Waals surface area contributed by atoms with Crippen molar-refractivity contribution in [3.05, 3.63) is 11.9 Å². The Morgan fingerprint density at radius 3 is 2.25 bits per heavy atom. The molecule has 0 rings (SSSR count). The van der Waals surface area contributed by atoms with E-state index in [0.29, 0.717) is 5.70 Å². The summed E-state index contributed by atoms with van der Waals surface area (Å²) in [6, 6.07) is 0. The summed E-state index contributed by atoms with van der Waals surface area (Å²) in [7, 11) is 1.67. The first kappa shape index (κ1) is 7.01. The van der Waals surface area contributed by atoms with E-state index >= 15 is 0 Å². The lowest BCUT2D eigenvalue weighted by Gasteiger charge is -1.94. The molecule has 8 heavy (non-hydrogen) atoms. The van der Waals surface area contributed by atoms with Crippen LogP contribution in [0, 0.1) is 0 Å². The summed E-state index contributed by atoms with van der Waals surface area (Å²) in [6.45, 7) is 1.80. The molecule has 0 aliphatic heterocycles. The Labute approximate surface area is 49.1 Å². The van der Waals surface area contributed by atoms with E-state index in [9.17, 15) is 0 Å². The largest absolute Gasteiger partial charge is 0.403 e. The van der Waals surface area contributed by atoms with Gasteiger partial charge in [0.2, 0.25) is 0 Å². The zero-order chi connectivity index (χ0) is 6.57.